The van der Waals surface area contributed by atoms with E-state index in [2.05, 4.69) is 49.6 Å². The summed E-state index contributed by atoms with van der Waals surface area (Å²) in [6, 6.07) is 0. The normalized spacial score (nSPS) is 40.0. The second-order valence-corrected chi connectivity index (χ2v) is 10.6. The van der Waals surface area contributed by atoms with Crippen molar-refractivity contribution < 1.29 is 9.63 Å². The molecule has 0 aromatic rings. The highest BCUT2D eigenvalue weighted by molar-refractivity contribution is 8.00. The van der Waals surface area contributed by atoms with Gasteiger partial charge in [0.15, 0.2) is 0 Å². The highest BCUT2D eigenvalue weighted by Crippen LogP contribution is 2.62. The van der Waals surface area contributed by atoms with E-state index in [-0.39, 0.29) is 5.41 Å². The second-order valence-electron chi connectivity index (χ2n) is 9.37. The molecule has 6 atom stereocenters. The highest BCUT2D eigenvalue weighted by atomic mass is 32.0. The van der Waals surface area contributed by atoms with Crippen LogP contribution in [0.1, 0.15) is 79.6 Å². The average Bonchev–Trinajstić information content (AvgIpc) is 2.45. The predicted molar refractivity (Wildman–Crippen MR) is 110 cm³/mol. The van der Waals surface area contributed by atoms with Gasteiger partial charge in [-0.15, -0.1) is 0 Å². The average molecular weight is 372 g/mol. The number of fused-ring (bicyclic) bond motifs is 1. The Hall–Kier alpha value is 0.520. The molecule has 0 aromatic carbocycles. The van der Waals surface area contributed by atoms with E-state index in [4.69, 9.17) is 4.52 Å². The van der Waals surface area contributed by atoms with Crippen LogP contribution in [0.3, 0.4) is 0 Å². The van der Waals surface area contributed by atoms with Crippen molar-refractivity contribution in [2.75, 3.05) is 6.61 Å². The summed E-state index contributed by atoms with van der Waals surface area (Å²) >= 11 is 0. The third-order valence-corrected chi connectivity index (χ3v) is 8.02. The Morgan fingerprint density at radius 2 is 1.96 bits per heavy atom. The minimum Gasteiger partial charge on any atom is -0.390 e. The number of aliphatic hydroxyl groups is 1. The molecule has 0 heterocycles. The molecule has 4 heteroatoms. The predicted octanol–water partition coefficient (Wildman–Crippen LogP) is 6.11. The lowest BCUT2D eigenvalue weighted by Crippen LogP contribution is -2.57. The summed E-state index contributed by atoms with van der Waals surface area (Å²) in [5.41, 5.74) is 1.58. The summed E-state index contributed by atoms with van der Waals surface area (Å²) in [6.07, 6.45) is 10.5. The first kappa shape index (κ1) is 20.8. The van der Waals surface area contributed by atoms with Gasteiger partial charge in [0.05, 0.1) is 12.2 Å². The van der Waals surface area contributed by atoms with Gasteiger partial charge in [-0.2, -0.15) is 0 Å². The molecule has 2 aliphatic carbocycles. The van der Waals surface area contributed by atoms with Crippen LogP contribution in [0.2, 0.25) is 0 Å². The quantitative estimate of drug-likeness (QED) is 0.346. The number of hydrogen-bond donors (Lipinski definition) is 1. The molecule has 0 aliphatic heterocycles. The van der Waals surface area contributed by atoms with E-state index in [9.17, 15) is 5.11 Å². The summed E-state index contributed by atoms with van der Waals surface area (Å²) in [7, 11) is 3.10. The Morgan fingerprint density at radius 3 is 2.62 bits per heavy atom. The van der Waals surface area contributed by atoms with Crippen LogP contribution in [0.25, 0.3) is 0 Å². The van der Waals surface area contributed by atoms with Crippen LogP contribution in [0, 0.1) is 22.7 Å². The van der Waals surface area contributed by atoms with Gasteiger partial charge in [0.25, 0.3) is 0 Å². The molecule has 2 aliphatic rings. The third-order valence-electron chi connectivity index (χ3n) is 7.19. The molecule has 0 amide bonds. The number of rotatable bonds is 6. The van der Waals surface area contributed by atoms with E-state index in [1.54, 1.807) is 0 Å². The van der Waals surface area contributed by atoms with Gasteiger partial charge in [0, 0.05) is 8.50 Å². The summed E-state index contributed by atoms with van der Waals surface area (Å²) in [5, 5.41) is 11.2. The number of hydrogen-bond acceptors (Lipinski definition) is 2. The van der Waals surface area contributed by atoms with E-state index in [1.807, 2.05) is 0 Å². The lowest BCUT2D eigenvalue weighted by atomic mass is 9.45. The van der Waals surface area contributed by atoms with Crippen molar-refractivity contribution in [3.05, 3.63) is 11.6 Å². The molecule has 24 heavy (non-hydrogen) atoms. The summed E-state index contributed by atoms with van der Waals surface area (Å²) in [4.78, 5) is 0. The third kappa shape index (κ3) is 4.43. The van der Waals surface area contributed by atoms with Gasteiger partial charge in [-0.1, -0.05) is 47.8 Å². The van der Waals surface area contributed by atoms with Crippen LogP contribution in [0.4, 0.5) is 0 Å². The fourth-order valence-electron chi connectivity index (χ4n) is 5.97. The van der Waals surface area contributed by atoms with Gasteiger partial charge in [0.1, 0.15) is 0 Å². The van der Waals surface area contributed by atoms with Crippen molar-refractivity contribution in [3.8, 4) is 0 Å². The minimum atomic E-state index is -0.517. The minimum absolute atomic E-state index is 0.279. The zero-order valence-electron chi connectivity index (χ0n) is 16.3. The Balaban J connectivity index is 2.13. The molecule has 140 valence electrons. The molecule has 2 saturated carbocycles. The van der Waals surface area contributed by atoms with Crippen LogP contribution >= 0.6 is 17.4 Å². The van der Waals surface area contributed by atoms with E-state index < -0.39 is 5.60 Å². The molecular weight excluding hydrogens is 334 g/mol. The van der Waals surface area contributed by atoms with Gasteiger partial charge in [0.2, 0.25) is 0 Å². The molecule has 1 N–H and O–H groups in total. The van der Waals surface area contributed by atoms with E-state index in [0.717, 1.165) is 25.2 Å². The van der Waals surface area contributed by atoms with E-state index in [0.29, 0.717) is 26.4 Å². The van der Waals surface area contributed by atoms with Crippen LogP contribution in [-0.4, -0.2) is 17.3 Å². The first-order chi connectivity index (χ1) is 11.1. The number of allylic oxidation sites excluding steroid dienone is 1. The molecule has 2 nitrogen and oxygen atoms in total. The van der Waals surface area contributed by atoms with E-state index >= 15 is 0 Å². The highest BCUT2D eigenvalue weighted by Gasteiger charge is 2.57. The van der Waals surface area contributed by atoms with Crippen molar-refractivity contribution in [1.82, 2.24) is 0 Å². The van der Waals surface area contributed by atoms with Crippen molar-refractivity contribution >= 4 is 17.4 Å². The standard InChI is InChI=1S/C20H38O2P2/c1-15(10-14-22-24-23)7-8-17-19(4)12-6-11-18(2,3)16(19)9-13-20(17,5)21/h10,16-17,21,24H,6-9,11-14,23H2,1-5H3/b15-10-/t16?,17?,19-,20?/m0/s1. The molecule has 2 fully saturated rings. The molecule has 0 radical (unpaired) electrons. The molecule has 0 bridgehead atoms. The molecular formula is C20H38O2P2. The van der Waals surface area contributed by atoms with Gasteiger partial charge in [-0.05, 0) is 75.0 Å². The summed E-state index contributed by atoms with van der Waals surface area (Å²) < 4.78 is 5.43. The van der Waals surface area contributed by atoms with Crippen LogP contribution in [0.5, 0.6) is 0 Å². The second kappa shape index (κ2) is 8.04. The Morgan fingerprint density at radius 1 is 1.25 bits per heavy atom. The van der Waals surface area contributed by atoms with Gasteiger partial charge in [-0.3, -0.25) is 0 Å². The van der Waals surface area contributed by atoms with Crippen LogP contribution in [-0.2, 0) is 4.52 Å². The topological polar surface area (TPSA) is 29.5 Å². The zero-order valence-corrected chi connectivity index (χ0v) is 18.5. The van der Waals surface area contributed by atoms with Gasteiger partial charge in [-0.25, -0.2) is 0 Å². The SMILES string of the molecule is C/C(=C/COPP)CCC1C(C)(O)CCC2C(C)(C)CCC[C@@]21C. The van der Waals surface area contributed by atoms with Crippen LogP contribution in [0.15, 0.2) is 11.6 Å². The Kier molecular flexibility index (Phi) is 6.98. The maximum atomic E-state index is 11.2. The first-order valence-corrected chi connectivity index (χ1v) is 12.3. The molecule has 5 unspecified atom stereocenters. The zero-order chi connectivity index (χ0) is 18.0. The van der Waals surface area contributed by atoms with E-state index in [1.165, 1.54) is 31.3 Å². The Labute approximate surface area is 153 Å². The van der Waals surface area contributed by atoms with Crippen molar-refractivity contribution in [1.29, 1.82) is 0 Å². The molecule has 0 spiro atoms. The maximum Gasteiger partial charge on any atom is 0.0693 e. The van der Waals surface area contributed by atoms with Crippen molar-refractivity contribution in [3.63, 3.8) is 0 Å². The fraction of sp³-hybridized carbons (Fsp3) is 0.900. The first-order valence-electron chi connectivity index (χ1n) is 9.59. The molecule has 2 rings (SSSR count). The van der Waals surface area contributed by atoms with Crippen LogP contribution < -0.4 is 0 Å². The molecule has 0 aromatic heterocycles. The summed E-state index contributed by atoms with van der Waals surface area (Å²) in [5.74, 6) is 1.14. The Bertz CT molecular complexity index is 459. The lowest BCUT2D eigenvalue weighted by molar-refractivity contribution is -0.168. The smallest absolute Gasteiger partial charge is 0.0693 e. The fourth-order valence-corrected chi connectivity index (χ4v) is 6.44. The monoisotopic (exact) mass is 372 g/mol. The largest absolute Gasteiger partial charge is 0.390 e. The molecule has 0 saturated heterocycles. The van der Waals surface area contributed by atoms with Crippen molar-refractivity contribution in [2.24, 2.45) is 22.7 Å². The maximum absolute atomic E-state index is 11.2. The summed E-state index contributed by atoms with van der Waals surface area (Å²) in [6.45, 7) is 12.4. The van der Waals surface area contributed by atoms with Crippen molar-refractivity contribution in [2.45, 2.75) is 85.2 Å². The lowest BCUT2D eigenvalue weighted by Gasteiger charge is -2.61. The van der Waals surface area contributed by atoms with Gasteiger partial charge < -0.3 is 9.63 Å². The van der Waals surface area contributed by atoms with Gasteiger partial charge >= 0.3 is 0 Å².